The first-order valence-electron chi connectivity index (χ1n) is 9.20. The lowest BCUT2D eigenvalue weighted by Gasteiger charge is -2.18. The van der Waals surface area contributed by atoms with E-state index in [1.54, 1.807) is 26.2 Å². The SMILES string of the molecule is CCOC(=O)N[C@@H](CC(=O)N/N=C\c1cc(OC)c(OC)cc1Br)c1ccccc1. The van der Waals surface area contributed by atoms with Gasteiger partial charge in [-0.2, -0.15) is 5.10 Å². The molecule has 0 radical (unpaired) electrons. The fourth-order valence-electron chi connectivity index (χ4n) is 2.63. The molecule has 0 heterocycles. The molecule has 0 saturated carbocycles. The van der Waals surface area contributed by atoms with E-state index >= 15 is 0 Å². The first-order valence-corrected chi connectivity index (χ1v) is 9.99. The average Bonchev–Trinajstić information content (AvgIpc) is 2.74. The van der Waals surface area contributed by atoms with Crippen LogP contribution in [-0.2, 0) is 9.53 Å². The van der Waals surface area contributed by atoms with Gasteiger partial charge < -0.3 is 19.5 Å². The van der Waals surface area contributed by atoms with Crippen molar-refractivity contribution < 1.29 is 23.8 Å². The molecule has 2 aromatic carbocycles. The summed E-state index contributed by atoms with van der Waals surface area (Å²) in [6.45, 7) is 1.95. The summed E-state index contributed by atoms with van der Waals surface area (Å²) in [5.74, 6) is 0.742. The van der Waals surface area contributed by atoms with Gasteiger partial charge in [-0.05, 0) is 40.5 Å². The molecule has 160 valence electrons. The molecule has 2 amide bonds. The standard InChI is InChI=1S/C21H24BrN3O5/c1-4-30-21(27)24-17(14-8-6-5-7-9-14)12-20(26)25-23-13-15-10-18(28-2)19(29-3)11-16(15)22/h5-11,13,17H,4,12H2,1-3H3,(H,24,27)(H,25,26)/b23-13-/t17-/m0/s1. The smallest absolute Gasteiger partial charge is 0.407 e. The Bertz CT molecular complexity index is 890. The van der Waals surface area contributed by atoms with Crippen LogP contribution >= 0.6 is 15.9 Å². The first-order chi connectivity index (χ1) is 14.5. The second kappa shape index (κ2) is 11.8. The number of alkyl carbamates (subject to hydrolysis) is 1. The van der Waals surface area contributed by atoms with Gasteiger partial charge in [-0.25, -0.2) is 10.2 Å². The van der Waals surface area contributed by atoms with Crippen LogP contribution in [0.3, 0.4) is 0 Å². The van der Waals surface area contributed by atoms with Crippen LogP contribution in [0.25, 0.3) is 0 Å². The number of carbonyl (C=O) groups excluding carboxylic acids is 2. The van der Waals surface area contributed by atoms with Crippen LogP contribution in [0.15, 0.2) is 52.0 Å². The van der Waals surface area contributed by atoms with Crippen LogP contribution in [0.4, 0.5) is 4.79 Å². The molecular formula is C21H24BrN3O5. The van der Waals surface area contributed by atoms with Gasteiger partial charge >= 0.3 is 6.09 Å². The molecule has 1 atom stereocenters. The molecule has 2 N–H and O–H groups in total. The lowest BCUT2D eigenvalue weighted by atomic mass is 10.0. The maximum absolute atomic E-state index is 12.4. The van der Waals surface area contributed by atoms with Crippen molar-refractivity contribution in [2.24, 2.45) is 5.10 Å². The van der Waals surface area contributed by atoms with E-state index in [-0.39, 0.29) is 18.9 Å². The lowest BCUT2D eigenvalue weighted by Crippen LogP contribution is -2.33. The van der Waals surface area contributed by atoms with Gasteiger partial charge in [0.05, 0.1) is 39.5 Å². The Morgan fingerprint density at radius 2 is 1.80 bits per heavy atom. The highest BCUT2D eigenvalue weighted by Gasteiger charge is 2.19. The number of hydrogen-bond acceptors (Lipinski definition) is 6. The Morgan fingerprint density at radius 1 is 1.13 bits per heavy atom. The molecule has 0 bridgehead atoms. The van der Waals surface area contributed by atoms with E-state index in [0.717, 1.165) is 10.0 Å². The summed E-state index contributed by atoms with van der Waals surface area (Å²) in [6, 6.07) is 12.1. The van der Waals surface area contributed by atoms with Crippen LogP contribution in [0.1, 0.15) is 30.5 Å². The summed E-state index contributed by atoms with van der Waals surface area (Å²) in [5, 5.41) is 6.70. The molecule has 0 aromatic heterocycles. The van der Waals surface area contributed by atoms with Crippen LogP contribution in [0.5, 0.6) is 11.5 Å². The Morgan fingerprint density at radius 3 is 2.43 bits per heavy atom. The molecular weight excluding hydrogens is 454 g/mol. The zero-order valence-corrected chi connectivity index (χ0v) is 18.6. The van der Waals surface area contributed by atoms with Crippen molar-refractivity contribution >= 4 is 34.1 Å². The van der Waals surface area contributed by atoms with Gasteiger partial charge in [0.2, 0.25) is 5.91 Å². The third kappa shape index (κ3) is 6.77. The van der Waals surface area contributed by atoms with Crippen molar-refractivity contribution in [3.63, 3.8) is 0 Å². The summed E-state index contributed by atoms with van der Waals surface area (Å²) in [5.41, 5.74) is 3.95. The van der Waals surface area contributed by atoms with Gasteiger partial charge in [0.1, 0.15) is 0 Å². The molecule has 9 heteroatoms. The summed E-state index contributed by atoms with van der Waals surface area (Å²) in [6.07, 6.45) is 0.893. The number of rotatable bonds is 9. The van der Waals surface area contributed by atoms with E-state index in [1.165, 1.54) is 13.3 Å². The third-order valence-electron chi connectivity index (χ3n) is 4.05. The second-order valence-electron chi connectivity index (χ2n) is 6.05. The van der Waals surface area contributed by atoms with Gasteiger partial charge in [0.25, 0.3) is 0 Å². The summed E-state index contributed by atoms with van der Waals surface area (Å²) >= 11 is 3.43. The largest absolute Gasteiger partial charge is 0.493 e. The van der Waals surface area contributed by atoms with Crippen LogP contribution in [0, 0.1) is 0 Å². The van der Waals surface area contributed by atoms with Crippen molar-refractivity contribution in [2.75, 3.05) is 20.8 Å². The number of hydrogen-bond donors (Lipinski definition) is 2. The Balaban J connectivity index is 2.06. The molecule has 2 aromatic rings. The van der Waals surface area contributed by atoms with E-state index in [2.05, 4.69) is 31.8 Å². The van der Waals surface area contributed by atoms with Crippen molar-refractivity contribution in [3.05, 3.63) is 58.1 Å². The predicted molar refractivity (Wildman–Crippen MR) is 117 cm³/mol. The second-order valence-corrected chi connectivity index (χ2v) is 6.91. The number of ether oxygens (including phenoxy) is 3. The normalized spacial score (nSPS) is 11.6. The topological polar surface area (TPSA) is 98.2 Å². The van der Waals surface area contributed by atoms with Crippen LogP contribution in [-0.4, -0.2) is 39.0 Å². The van der Waals surface area contributed by atoms with Gasteiger partial charge in [0, 0.05) is 10.0 Å². The van der Waals surface area contributed by atoms with Gasteiger partial charge in [-0.1, -0.05) is 30.3 Å². The molecule has 0 unspecified atom stereocenters. The van der Waals surface area contributed by atoms with Crippen molar-refractivity contribution in [2.45, 2.75) is 19.4 Å². The van der Waals surface area contributed by atoms with Crippen LogP contribution < -0.4 is 20.2 Å². The predicted octanol–water partition coefficient (Wildman–Crippen LogP) is 3.79. The van der Waals surface area contributed by atoms with E-state index in [0.29, 0.717) is 17.1 Å². The number of hydrazone groups is 1. The molecule has 0 aliphatic rings. The maximum atomic E-state index is 12.4. The van der Waals surface area contributed by atoms with Gasteiger partial charge in [-0.3, -0.25) is 4.79 Å². The highest BCUT2D eigenvalue weighted by atomic mass is 79.9. The fraction of sp³-hybridized carbons (Fsp3) is 0.286. The minimum Gasteiger partial charge on any atom is -0.493 e. The number of amides is 2. The molecule has 0 spiro atoms. The van der Waals surface area contributed by atoms with Crippen molar-refractivity contribution in [1.82, 2.24) is 10.7 Å². The van der Waals surface area contributed by atoms with E-state index in [1.807, 2.05) is 30.3 Å². The Labute approximate surface area is 183 Å². The molecule has 2 rings (SSSR count). The zero-order chi connectivity index (χ0) is 21.9. The molecule has 0 aliphatic carbocycles. The molecule has 0 fully saturated rings. The third-order valence-corrected chi connectivity index (χ3v) is 4.74. The van der Waals surface area contributed by atoms with E-state index in [9.17, 15) is 9.59 Å². The average molecular weight is 478 g/mol. The van der Waals surface area contributed by atoms with Gasteiger partial charge in [0.15, 0.2) is 11.5 Å². The monoisotopic (exact) mass is 477 g/mol. The minimum atomic E-state index is -0.586. The Hall–Kier alpha value is -3.07. The first kappa shape index (κ1) is 23.2. The maximum Gasteiger partial charge on any atom is 0.407 e. The zero-order valence-electron chi connectivity index (χ0n) is 17.0. The number of carbonyl (C=O) groups is 2. The summed E-state index contributed by atoms with van der Waals surface area (Å²) in [4.78, 5) is 24.2. The van der Waals surface area contributed by atoms with Crippen LogP contribution in [0.2, 0.25) is 0 Å². The number of halogens is 1. The number of nitrogens with zero attached hydrogens (tertiary/aromatic N) is 1. The number of methoxy groups -OCH3 is 2. The molecule has 8 nitrogen and oxygen atoms in total. The quantitative estimate of drug-likeness (QED) is 0.422. The lowest BCUT2D eigenvalue weighted by molar-refractivity contribution is -0.121. The molecule has 30 heavy (non-hydrogen) atoms. The summed E-state index contributed by atoms with van der Waals surface area (Å²) < 4.78 is 16.2. The van der Waals surface area contributed by atoms with E-state index in [4.69, 9.17) is 14.2 Å². The Kier molecular flexibility index (Phi) is 9.14. The molecule has 0 aliphatic heterocycles. The summed E-state index contributed by atoms with van der Waals surface area (Å²) in [7, 11) is 3.08. The van der Waals surface area contributed by atoms with Crippen molar-refractivity contribution in [3.8, 4) is 11.5 Å². The molecule has 0 saturated heterocycles. The highest BCUT2D eigenvalue weighted by molar-refractivity contribution is 9.10. The van der Waals surface area contributed by atoms with Crippen molar-refractivity contribution in [1.29, 1.82) is 0 Å². The number of nitrogens with one attached hydrogen (secondary N) is 2. The highest BCUT2D eigenvalue weighted by Crippen LogP contribution is 2.32. The van der Waals surface area contributed by atoms with Gasteiger partial charge in [-0.15, -0.1) is 0 Å². The number of benzene rings is 2. The van der Waals surface area contributed by atoms with E-state index < -0.39 is 12.1 Å². The minimum absolute atomic E-state index is 0.00668. The fourth-order valence-corrected chi connectivity index (χ4v) is 3.05.